The number of carboxylic acids is 1. The topological polar surface area (TPSA) is 138 Å². The van der Waals surface area contributed by atoms with Crippen molar-refractivity contribution >= 4 is 25.8 Å². The lowest BCUT2D eigenvalue weighted by Crippen LogP contribution is -2.47. The summed E-state index contributed by atoms with van der Waals surface area (Å²) in [6.45, 7) is 1.69. The monoisotopic (exact) mass is 449 g/mol. The summed E-state index contributed by atoms with van der Waals surface area (Å²) >= 11 is 0. The molecule has 0 aliphatic carbocycles. The molecule has 0 unspecified atom stereocenters. The molecule has 1 saturated heterocycles. The minimum absolute atomic E-state index is 0.0289. The zero-order valence-corrected chi connectivity index (χ0v) is 18.1. The van der Waals surface area contributed by atoms with Crippen molar-refractivity contribution in [1.82, 2.24) is 4.31 Å². The number of rotatable bonds is 10. The first-order valence-corrected chi connectivity index (χ1v) is 12.5. The lowest BCUT2D eigenvalue weighted by Gasteiger charge is -2.30. The third-order valence-electron chi connectivity index (χ3n) is 4.84. The molecule has 0 bridgehead atoms. The van der Waals surface area contributed by atoms with Crippen LogP contribution in [0.15, 0.2) is 23.1 Å². The molecule has 2 rings (SSSR count). The molecule has 0 amide bonds. The molecular formula is C18H27NO8S2. The van der Waals surface area contributed by atoms with E-state index in [9.17, 15) is 26.7 Å². The second-order valence-electron chi connectivity index (χ2n) is 7.19. The molecule has 0 radical (unpaired) electrons. The average molecular weight is 450 g/mol. The number of hydrogen-bond acceptors (Lipinski definition) is 7. The largest absolute Gasteiger partial charge is 0.495 e. The van der Waals surface area contributed by atoms with Crippen molar-refractivity contribution < 1.29 is 36.6 Å². The van der Waals surface area contributed by atoms with Crippen molar-refractivity contribution in [3.8, 4) is 5.75 Å². The van der Waals surface area contributed by atoms with E-state index >= 15 is 0 Å². The number of aliphatic carboxylic acids is 1. The first-order valence-electron chi connectivity index (χ1n) is 9.24. The van der Waals surface area contributed by atoms with Gasteiger partial charge in [0, 0.05) is 13.0 Å². The highest BCUT2D eigenvalue weighted by molar-refractivity contribution is 7.92. The molecule has 1 aromatic carbocycles. The Hall–Kier alpha value is -1.69. The van der Waals surface area contributed by atoms with Crippen molar-refractivity contribution in [3.05, 3.63) is 23.8 Å². The Kier molecular flexibility index (Phi) is 7.66. The molecule has 1 aliphatic heterocycles. The zero-order chi connectivity index (χ0) is 21.8. The zero-order valence-electron chi connectivity index (χ0n) is 16.4. The van der Waals surface area contributed by atoms with Gasteiger partial charge in [-0.15, -0.1) is 0 Å². The van der Waals surface area contributed by atoms with Crippen LogP contribution in [0.2, 0.25) is 0 Å². The number of methoxy groups -OCH3 is 1. The molecule has 2 atom stereocenters. The summed E-state index contributed by atoms with van der Waals surface area (Å²) in [6, 6.07) is 3.56. The minimum atomic E-state index is -4.17. The lowest BCUT2D eigenvalue weighted by molar-refractivity contribution is -0.137. The molecule has 1 aliphatic rings. The molecule has 1 fully saturated rings. The Balaban J connectivity index is 2.35. The summed E-state index contributed by atoms with van der Waals surface area (Å²) < 4.78 is 57.0. The molecule has 2 N–H and O–H groups in total. The summed E-state index contributed by atoms with van der Waals surface area (Å²) in [5.41, 5.74) is 0.686. The SMILES string of the molecule is COc1ccc(C)cc1S(=O)(=O)N(CCCCCC(=O)O)[C@H]1CS(=O)(=O)C[C@@H]1O. The molecule has 11 heteroatoms. The van der Waals surface area contributed by atoms with E-state index in [1.54, 1.807) is 13.0 Å². The summed E-state index contributed by atoms with van der Waals surface area (Å²) in [7, 11) is -6.39. The van der Waals surface area contributed by atoms with Gasteiger partial charge in [-0.2, -0.15) is 4.31 Å². The van der Waals surface area contributed by atoms with Gasteiger partial charge in [0.1, 0.15) is 10.6 Å². The van der Waals surface area contributed by atoms with E-state index in [4.69, 9.17) is 9.84 Å². The van der Waals surface area contributed by atoms with Crippen molar-refractivity contribution in [2.45, 2.75) is 49.6 Å². The van der Waals surface area contributed by atoms with Crippen LogP contribution in [-0.2, 0) is 24.7 Å². The van der Waals surface area contributed by atoms with E-state index in [1.165, 1.54) is 19.2 Å². The maximum absolute atomic E-state index is 13.4. The van der Waals surface area contributed by atoms with E-state index in [-0.39, 0.29) is 23.6 Å². The van der Waals surface area contributed by atoms with Gasteiger partial charge in [-0.1, -0.05) is 12.5 Å². The first-order chi connectivity index (χ1) is 13.5. The second kappa shape index (κ2) is 9.41. The number of aliphatic hydroxyl groups is 1. The van der Waals surface area contributed by atoms with Gasteiger partial charge < -0.3 is 14.9 Å². The standard InChI is InChI=1S/C18H27NO8S2/c1-13-7-8-16(27-2)17(10-13)29(25,26)19(9-5-3-4-6-18(21)22)14-11-28(23,24)12-15(14)20/h7-8,10,14-15,20H,3-6,9,11-12H2,1-2H3,(H,21,22)/t14-,15-/m0/s1. The van der Waals surface area contributed by atoms with Gasteiger partial charge in [-0.25, -0.2) is 16.8 Å². The molecule has 1 heterocycles. The number of aliphatic hydroxyl groups excluding tert-OH is 1. The van der Waals surface area contributed by atoms with Crippen LogP contribution >= 0.6 is 0 Å². The summed E-state index contributed by atoms with van der Waals surface area (Å²) in [5.74, 6) is -1.76. The Labute approximate surface area is 171 Å². The van der Waals surface area contributed by atoms with E-state index in [2.05, 4.69) is 0 Å². The lowest BCUT2D eigenvalue weighted by atomic mass is 10.1. The van der Waals surface area contributed by atoms with Crippen LogP contribution in [0, 0.1) is 6.92 Å². The number of carbonyl (C=O) groups is 1. The van der Waals surface area contributed by atoms with Crippen molar-refractivity contribution in [2.24, 2.45) is 0 Å². The molecule has 1 aromatic rings. The number of benzene rings is 1. The Morgan fingerprint density at radius 1 is 1.24 bits per heavy atom. The van der Waals surface area contributed by atoms with Crippen LogP contribution in [-0.4, -0.2) is 74.6 Å². The van der Waals surface area contributed by atoms with E-state index < -0.39 is 49.5 Å². The van der Waals surface area contributed by atoms with Gasteiger partial charge in [-0.3, -0.25) is 4.79 Å². The van der Waals surface area contributed by atoms with E-state index in [1.807, 2.05) is 0 Å². The van der Waals surface area contributed by atoms with Crippen molar-refractivity contribution in [3.63, 3.8) is 0 Å². The first kappa shape index (κ1) is 23.6. The minimum Gasteiger partial charge on any atom is -0.495 e. The van der Waals surface area contributed by atoms with Crippen molar-refractivity contribution in [1.29, 1.82) is 0 Å². The molecule has 0 spiro atoms. The number of unbranched alkanes of at least 4 members (excludes halogenated alkanes) is 2. The fourth-order valence-electron chi connectivity index (χ4n) is 3.38. The number of carboxylic acid groups (broad SMARTS) is 1. The fraction of sp³-hybridized carbons (Fsp3) is 0.611. The van der Waals surface area contributed by atoms with Gasteiger partial charge >= 0.3 is 5.97 Å². The van der Waals surface area contributed by atoms with Crippen LogP contribution in [0.4, 0.5) is 0 Å². The number of nitrogens with zero attached hydrogens (tertiary/aromatic N) is 1. The second-order valence-corrected chi connectivity index (χ2v) is 11.2. The number of sulfonamides is 1. The Morgan fingerprint density at radius 3 is 2.48 bits per heavy atom. The van der Waals surface area contributed by atoms with E-state index in [0.717, 1.165) is 4.31 Å². The molecule has 29 heavy (non-hydrogen) atoms. The van der Waals surface area contributed by atoms with Gasteiger partial charge in [0.25, 0.3) is 0 Å². The Bertz CT molecular complexity index is 943. The predicted molar refractivity (Wildman–Crippen MR) is 106 cm³/mol. The maximum atomic E-state index is 13.4. The number of aryl methyl sites for hydroxylation is 1. The highest BCUT2D eigenvalue weighted by Crippen LogP contribution is 2.31. The molecule has 164 valence electrons. The third-order valence-corrected chi connectivity index (χ3v) is 8.48. The number of hydrogen-bond donors (Lipinski definition) is 2. The summed E-state index contributed by atoms with van der Waals surface area (Å²) in [5, 5.41) is 19.0. The van der Waals surface area contributed by atoms with Crippen LogP contribution in [0.1, 0.15) is 31.2 Å². The average Bonchev–Trinajstić information content (AvgIpc) is 2.89. The van der Waals surface area contributed by atoms with Crippen molar-refractivity contribution in [2.75, 3.05) is 25.2 Å². The number of sulfone groups is 1. The third kappa shape index (κ3) is 5.91. The number of ether oxygens (including phenoxy) is 1. The maximum Gasteiger partial charge on any atom is 0.303 e. The summed E-state index contributed by atoms with van der Waals surface area (Å²) in [4.78, 5) is 10.6. The smallest absolute Gasteiger partial charge is 0.303 e. The quantitative estimate of drug-likeness (QED) is 0.500. The van der Waals surface area contributed by atoms with Crippen LogP contribution in [0.25, 0.3) is 0 Å². The molecular weight excluding hydrogens is 422 g/mol. The fourth-order valence-corrected chi connectivity index (χ4v) is 7.21. The predicted octanol–water partition coefficient (Wildman–Crippen LogP) is 0.797. The highest BCUT2D eigenvalue weighted by atomic mass is 32.2. The van der Waals surface area contributed by atoms with Gasteiger partial charge in [0.05, 0.1) is 30.8 Å². The van der Waals surface area contributed by atoms with Crippen LogP contribution < -0.4 is 4.74 Å². The summed E-state index contributed by atoms with van der Waals surface area (Å²) in [6.07, 6.45) is -0.186. The molecule has 0 saturated carbocycles. The van der Waals surface area contributed by atoms with Crippen LogP contribution in [0.5, 0.6) is 5.75 Å². The molecule has 0 aromatic heterocycles. The molecule has 9 nitrogen and oxygen atoms in total. The normalized spacial score (nSPS) is 21.4. The highest BCUT2D eigenvalue weighted by Gasteiger charge is 2.45. The Morgan fingerprint density at radius 2 is 1.93 bits per heavy atom. The van der Waals surface area contributed by atoms with E-state index in [0.29, 0.717) is 24.8 Å². The van der Waals surface area contributed by atoms with Gasteiger partial charge in [0.15, 0.2) is 9.84 Å². The van der Waals surface area contributed by atoms with Gasteiger partial charge in [0.2, 0.25) is 10.0 Å². The van der Waals surface area contributed by atoms with Crippen LogP contribution in [0.3, 0.4) is 0 Å². The van der Waals surface area contributed by atoms with Gasteiger partial charge in [-0.05, 0) is 37.5 Å².